The third-order valence-corrected chi connectivity index (χ3v) is 5.39. The molecule has 0 fully saturated rings. The van der Waals surface area contributed by atoms with E-state index in [1.54, 1.807) is 18.2 Å². The van der Waals surface area contributed by atoms with Gasteiger partial charge in [0.25, 0.3) is 5.91 Å². The molecule has 0 bridgehead atoms. The van der Waals surface area contributed by atoms with E-state index in [2.05, 4.69) is 23.0 Å². The summed E-state index contributed by atoms with van der Waals surface area (Å²) in [5, 5.41) is 0. The minimum absolute atomic E-state index is 0.227. The van der Waals surface area contributed by atoms with Crippen molar-refractivity contribution in [1.82, 2.24) is 10.9 Å². The second-order valence-electron chi connectivity index (χ2n) is 6.14. The lowest BCUT2D eigenvalue weighted by Crippen LogP contribution is -2.42. The van der Waals surface area contributed by atoms with Gasteiger partial charge in [-0.2, -0.15) is 0 Å². The lowest BCUT2D eigenvalue weighted by Gasteiger charge is -2.11. The van der Waals surface area contributed by atoms with Gasteiger partial charge in [0.1, 0.15) is 0 Å². The Morgan fingerprint density at radius 1 is 0.963 bits per heavy atom. The van der Waals surface area contributed by atoms with Gasteiger partial charge in [-0.25, -0.2) is 0 Å². The van der Waals surface area contributed by atoms with Crippen LogP contribution in [0.2, 0.25) is 0 Å². The van der Waals surface area contributed by atoms with E-state index < -0.39 is 5.91 Å². The summed E-state index contributed by atoms with van der Waals surface area (Å²) >= 11 is 1.45. The second kappa shape index (κ2) is 8.81. The second-order valence-corrected chi connectivity index (χ2v) is 7.19. The summed E-state index contributed by atoms with van der Waals surface area (Å²) in [6.07, 6.45) is 3.45. The van der Waals surface area contributed by atoms with Crippen LogP contribution in [0.4, 0.5) is 0 Å². The molecule has 1 aliphatic rings. The number of benzene rings is 2. The van der Waals surface area contributed by atoms with Crippen molar-refractivity contribution >= 4 is 23.6 Å². The van der Waals surface area contributed by atoms with Gasteiger partial charge in [0.2, 0.25) is 5.91 Å². The largest absolute Gasteiger partial charge is 0.493 e. The number of methoxy groups -OCH3 is 2. The Balaban J connectivity index is 1.49. The van der Waals surface area contributed by atoms with Crippen molar-refractivity contribution < 1.29 is 19.1 Å². The minimum atomic E-state index is -0.424. The maximum Gasteiger partial charge on any atom is 0.269 e. The summed E-state index contributed by atoms with van der Waals surface area (Å²) in [6.45, 7) is 0. The molecular weight excluding hydrogens is 364 g/mol. The van der Waals surface area contributed by atoms with Crippen LogP contribution in [0, 0.1) is 0 Å². The molecule has 2 aromatic rings. The van der Waals surface area contributed by atoms with Gasteiger partial charge in [-0.05, 0) is 60.7 Å². The number of rotatable bonds is 6. The molecule has 0 atom stereocenters. The molecule has 2 amide bonds. The van der Waals surface area contributed by atoms with E-state index in [4.69, 9.17) is 9.47 Å². The van der Waals surface area contributed by atoms with E-state index >= 15 is 0 Å². The fourth-order valence-corrected chi connectivity index (χ4v) is 3.76. The summed E-state index contributed by atoms with van der Waals surface area (Å²) in [6, 6.07) is 11.1. The number of hydrogen-bond acceptors (Lipinski definition) is 5. The van der Waals surface area contributed by atoms with Crippen molar-refractivity contribution in [2.75, 3.05) is 20.0 Å². The number of ether oxygens (including phenoxy) is 2. The molecule has 0 aromatic heterocycles. The molecule has 2 N–H and O–H groups in total. The fraction of sp³-hybridized carbons (Fsp3) is 0.300. The first-order valence-electron chi connectivity index (χ1n) is 8.66. The number of carbonyl (C=O) groups excluding carboxylic acids is 2. The van der Waals surface area contributed by atoms with Crippen LogP contribution in [0.1, 0.15) is 27.9 Å². The first kappa shape index (κ1) is 19.1. The fourth-order valence-electron chi connectivity index (χ4n) is 3.00. The Bertz CT molecular complexity index is 854. The zero-order valence-corrected chi connectivity index (χ0v) is 16.2. The van der Waals surface area contributed by atoms with Crippen molar-refractivity contribution in [2.24, 2.45) is 0 Å². The Hall–Kier alpha value is -2.67. The maximum atomic E-state index is 12.2. The van der Waals surface area contributed by atoms with Crippen LogP contribution in [-0.2, 0) is 17.6 Å². The molecule has 27 heavy (non-hydrogen) atoms. The van der Waals surface area contributed by atoms with Crippen molar-refractivity contribution in [3.8, 4) is 11.5 Å². The molecule has 0 saturated carbocycles. The highest BCUT2D eigenvalue weighted by molar-refractivity contribution is 8.00. The van der Waals surface area contributed by atoms with Gasteiger partial charge < -0.3 is 9.47 Å². The summed E-state index contributed by atoms with van der Waals surface area (Å²) < 4.78 is 10.3. The van der Waals surface area contributed by atoms with Crippen LogP contribution in [-0.4, -0.2) is 31.8 Å². The predicted octanol–water partition coefficient (Wildman–Crippen LogP) is 2.75. The normalized spacial score (nSPS) is 12.2. The van der Waals surface area contributed by atoms with Gasteiger partial charge in [0.15, 0.2) is 11.5 Å². The first-order chi connectivity index (χ1) is 13.1. The smallest absolute Gasteiger partial charge is 0.269 e. The monoisotopic (exact) mass is 386 g/mol. The highest BCUT2D eigenvalue weighted by Gasteiger charge is 2.13. The molecule has 0 radical (unpaired) electrons. The van der Waals surface area contributed by atoms with E-state index in [1.165, 1.54) is 43.5 Å². The molecule has 6 nitrogen and oxygen atoms in total. The average molecular weight is 386 g/mol. The highest BCUT2D eigenvalue weighted by Crippen LogP contribution is 2.28. The Morgan fingerprint density at radius 3 is 2.52 bits per heavy atom. The van der Waals surface area contributed by atoms with E-state index in [1.807, 2.05) is 6.07 Å². The SMILES string of the molecule is COc1ccc(C(=O)NNC(=O)CSc2ccc3c(c2)CCC3)cc1OC. The van der Waals surface area contributed by atoms with Crippen LogP contribution < -0.4 is 20.3 Å². The summed E-state index contributed by atoms with van der Waals surface area (Å²) in [7, 11) is 3.02. The van der Waals surface area contributed by atoms with Crippen molar-refractivity contribution in [1.29, 1.82) is 0 Å². The number of nitrogens with one attached hydrogen (secondary N) is 2. The molecule has 0 unspecified atom stereocenters. The molecule has 0 heterocycles. The Labute approximate surface area is 162 Å². The van der Waals surface area contributed by atoms with Crippen LogP contribution in [0.25, 0.3) is 0 Å². The van der Waals surface area contributed by atoms with Crippen LogP contribution in [0.15, 0.2) is 41.3 Å². The molecule has 0 spiro atoms. The van der Waals surface area contributed by atoms with Gasteiger partial charge in [-0.1, -0.05) is 6.07 Å². The number of thioether (sulfide) groups is 1. The van der Waals surface area contributed by atoms with E-state index in [0.29, 0.717) is 17.1 Å². The van der Waals surface area contributed by atoms with Gasteiger partial charge >= 0.3 is 0 Å². The number of amides is 2. The number of carbonyl (C=O) groups is 2. The minimum Gasteiger partial charge on any atom is -0.493 e. The Morgan fingerprint density at radius 2 is 1.74 bits per heavy atom. The average Bonchev–Trinajstić information content (AvgIpc) is 3.17. The molecule has 2 aromatic carbocycles. The number of hydrogen-bond donors (Lipinski definition) is 2. The van der Waals surface area contributed by atoms with Crippen molar-refractivity contribution in [2.45, 2.75) is 24.2 Å². The molecule has 0 saturated heterocycles. The Kier molecular flexibility index (Phi) is 6.24. The van der Waals surface area contributed by atoms with Crippen LogP contribution in [0.5, 0.6) is 11.5 Å². The van der Waals surface area contributed by atoms with Gasteiger partial charge in [0, 0.05) is 10.5 Å². The van der Waals surface area contributed by atoms with Crippen molar-refractivity contribution in [3.05, 3.63) is 53.1 Å². The number of fused-ring (bicyclic) bond motifs is 1. The number of aryl methyl sites for hydroxylation is 2. The summed E-state index contributed by atoms with van der Waals surface area (Å²) in [4.78, 5) is 25.3. The van der Waals surface area contributed by atoms with Gasteiger partial charge in [-0.15, -0.1) is 11.8 Å². The molecule has 0 aliphatic heterocycles. The van der Waals surface area contributed by atoms with E-state index in [9.17, 15) is 9.59 Å². The predicted molar refractivity (Wildman–Crippen MR) is 104 cm³/mol. The standard InChI is InChI=1S/C20H22N2O4S/c1-25-17-9-7-15(11-18(17)26-2)20(24)22-21-19(23)12-27-16-8-6-13-4-3-5-14(13)10-16/h6-11H,3-5,12H2,1-2H3,(H,21,23)(H,22,24). The highest BCUT2D eigenvalue weighted by atomic mass is 32.2. The maximum absolute atomic E-state index is 12.2. The number of hydrazine groups is 1. The molecular formula is C20H22N2O4S. The molecule has 3 rings (SSSR count). The third kappa shape index (κ3) is 4.74. The molecule has 7 heteroatoms. The molecule has 1 aliphatic carbocycles. The van der Waals surface area contributed by atoms with Gasteiger partial charge in [0.05, 0.1) is 20.0 Å². The zero-order valence-electron chi connectivity index (χ0n) is 15.3. The summed E-state index contributed by atoms with van der Waals surface area (Å²) in [5.74, 6) is 0.513. The molecule has 142 valence electrons. The summed E-state index contributed by atoms with van der Waals surface area (Å²) in [5.41, 5.74) is 8.00. The lowest BCUT2D eigenvalue weighted by molar-refractivity contribution is -0.119. The topological polar surface area (TPSA) is 76.7 Å². The third-order valence-electron chi connectivity index (χ3n) is 4.40. The lowest BCUT2D eigenvalue weighted by atomic mass is 10.1. The van der Waals surface area contributed by atoms with Crippen LogP contribution in [0.3, 0.4) is 0 Å². The van der Waals surface area contributed by atoms with E-state index in [-0.39, 0.29) is 11.7 Å². The first-order valence-corrected chi connectivity index (χ1v) is 9.65. The van der Waals surface area contributed by atoms with Gasteiger partial charge in [-0.3, -0.25) is 20.4 Å². The quantitative estimate of drug-likeness (QED) is 0.590. The van der Waals surface area contributed by atoms with E-state index in [0.717, 1.165) is 17.7 Å². The van der Waals surface area contributed by atoms with Crippen LogP contribution >= 0.6 is 11.8 Å². The zero-order chi connectivity index (χ0) is 19.2. The van der Waals surface area contributed by atoms with Crippen molar-refractivity contribution in [3.63, 3.8) is 0 Å².